The number of allylic oxidation sites excluding steroid dienone is 2. The van der Waals surface area contributed by atoms with E-state index in [1.807, 2.05) is 84.9 Å². The van der Waals surface area contributed by atoms with Gasteiger partial charge in [0, 0.05) is 22.7 Å². The molecule has 4 rings (SSSR count). The van der Waals surface area contributed by atoms with E-state index in [-0.39, 0.29) is 0 Å². The normalized spacial score (nSPS) is 10.0. The van der Waals surface area contributed by atoms with Crippen LogP contribution in [-0.2, 0) is 0 Å². The molecule has 164 valence electrons. The fourth-order valence-corrected chi connectivity index (χ4v) is 3.55. The highest BCUT2D eigenvalue weighted by molar-refractivity contribution is 5.65. The standard InChI is InChI=1S/C32H26N2/c1(3-17-27-33(29-19-9-5-10-20-29)30-21-11-6-12-22-30)2-4-18-28-34(31-23-13-7-14-24-31)32-25-15-8-16-26-32/h1-2,5-16,19-26H,27-28H2/b2-1-. The molecule has 0 aliphatic rings. The maximum absolute atomic E-state index is 3.24. The fourth-order valence-electron chi connectivity index (χ4n) is 3.55. The molecule has 0 amide bonds. The van der Waals surface area contributed by atoms with Gasteiger partial charge in [-0.2, -0.15) is 0 Å². The summed E-state index contributed by atoms with van der Waals surface area (Å²) in [5.41, 5.74) is 4.48. The second-order valence-corrected chi connectivity index (χ2v) is 7.49. The number of hydrogen-bond acceptors (Lipinski definition) is 2. The van der Waals surface area contributed by atoms with E-state index >= 15 is 0 Å². The van der Waals surface area contributed by atoms with Gasteiger partial charge in [-0.3, -0.25) is 0 Å². The molecule has 0 fully saturated rings. The maximum Gasteiger partial charge on any atom is 0.0846 e. The van der Waals surface area contributed by atoms with Crippen LogP contribution in [0.25, 0.3) is 0 Å². The first-order chi connectivity index (χ1) is 16.9. The van der Waals surface area contributed by atoms with Gasteiger partial charge in [-0.25, -0.2) is 0 Å². The molecular formula is C32H26N2. The van der Waals surface area contributed by atoms with Gasteiger partial charge in [0.25, 0.3) is 0 Å². The van der Waals surface area contributed by atoms with Crippen LogP contribution in [0.2, 0.25) is 0 Å². The third-order valence-corrected chi connectivity index (χ3v) is 5.20. The minimum absolute atomic E-state index is 0.599. The minimum Gasteiger partial charge on any atom is -0.330 e. The Balaban J connectivity index is 1.40. The summed E-state index contributed by atoms with van der Waals surface area (Å²) in [7, 11) is 0. The van der Waals surface area contributed by atoms with Crippen LogP contribution in [0.3, 0.4) is 0 Å². The summed E-state index contributed by atoms with van der Waals surface area (Å²) in [4.78, 5) is 4.40. The van der Waals surface area contributed by atoms with Gasteiger partial charge < -0.3 is 9.80 Å². The molecule has 0 saturated carbocycles. The molecule has 0 N–H and O–H groups in total. The van der Waals surface area contributed by atoms with Crippen molar-refractivity contribution in [3.63, 3.8) is 0 Å². The van der Waals surface area contributed by atoms with Crippen molar-refractivity contribution in [1.82, 2.24) is 0 Å². The highest BCUT2D eigenvalue weighted by atomic mass is 15.1. The summed E-state index contributed by atoms with van der Waals surface area (Å²) in [5.74, 6) is 12.7. The van der Waals surface area contributed by atoms with Crippen LogP contribution in [-0.4, -0.2) is 13.1 Å². The molecule has 4 aromatic carbocycles. The van der Waals surface area contributed by atoms with E-state index in [2.05, 4.69) is 82.0 Å². The zero-order valence-corrected chi connectivity index (χ0v) is 19.0. The molecule has 0 aliphatic heterocycles. The van der Waals surface area contributed by atoms with Crippen LogP contribution in [0.5, 0.6) is 0 Å². The van der Waals surface area contributed by atoms with Crippen molar-refractivity contribution in [3.8, 4) is 23.7 Å². The van der Waals surface area contributed by atoms with Crippen molar-refractivity contribution in [1.29, 1.82) is 0 Å². The number of benzene rings is 4. The van der Waals surface area contributed by atoms with Gasteiger partial charge in [0.05, 0.1) is 13.1 Å². The Hall–Kier alpha value is -4.66. The van der Waals surface area contributed by atoms with Crippen LogP contribution in [0.1, 0.15) is 0 Å². The van der Waals surface area contributed by atoms with E-state index in [9.17, 15) is 0 Å². The van der Waals surface area contributed by atoms with E-state index in [0.717, 1.165) is 22.7 Å². The van der Waals surface area contributed by atoms with E-state index in [0.29, 0.717) is 13.1 Å². The lowest BCUT2D eigenvalue weighted by atomic mass is 10.2. The monoisotopic (exact) mass is 438 g/mol. The topological polar surface area (TPSA) is 6.48 Å². The van der Waals surface area contributed by atoms with Crippen molar-refractivity contribution in [2.24, 2.45) is 0 Å². The van der Waals surface area contributed by atoms with Crippen LogP contribution < -0.4 is 9.80 Å². The van der Waals surface area contributed by atoms with E-state index in [1.54, 1.807) is 0 Å². The smallest absolute Gasteiger partial charge is 0.0846 e. The zero-order valence-electron chi connectivity index (χ0n) is 19.0. The number of anilines is 4. The second kappa shape index (κ2) is 12.4. The van der Waals surface area contributed by atoms with Crippen molar-refractivity contribution >= 4 is 22.7 Å². The molecule has 2 nitrogen and oxygen atoms in total. The first kappa shape index (κ1) is 22.5. The molecule has 0 atom stereocenters. The van der Waals surface area contributed by atoms with Crippen molar-refractivity contribution in [2.75, 3.05) is 22.9 Å². The Morgan fingerprint density at radius 1 is 0.412 bits per heavy atom. The van der Waals surface area contributed by atoms with E-state index in [1.165, 1.54) is 0 Å². The summed E-state index contributed by atoms with van der Waals surface area (Å²) in [6.07, 6.45) is 3.63. The number of nitrogens with zero attached hydrogens (tertiary/aromatic N) is 2. The Bertz CT molecular complexity index is 1110. The summed E-state index contributed by atoms with van der Waals surface area (Å²) < 4.78 is 0. The Morgan fingerprint density at radius 3 is 0.941 bits per heavy atom. The van der Waals surface area contributed by atoms with E-state index in [4.69, 9.17) is 0 Å². The van der Waals surface area contributed by atoms with Gasteiger partial charge in [-0.05, 0) is 60.7 Å². The lowest BCUT2D eigenvalue weighted by Gasteiger charge is -2.22. The molecular weight excluding hydrogens is 412 g/mol. The van der Waals surface area contributed by atoms with Gasteiger partial charge in [-0.15, -0.1) is 0 Å². The number of rotatable bonds is 6. The first-order valence-corrected chi connectivity index (χ1v) is 11.3. The van der Waals surface area contributed by atoms with Gasteiger partial charge in [0.2, 0.25) is 0 Å². The van der Waals surface area contributed by atoms with Gasteiger partial charge >= 0.3 is 0 Å². The molecule has 0 bridgehead atoms. The molecule has 0 spiro atoms. The summed E-state index contributed by atoms with van der Waals surface area (Å²) in [6.45, 7) is 1.20. The molecule has 0 aliphatic carbocycles. The number of hydrogen-bond donors (Lipinski definition) is 0. The Kier molecular flexibility index (Phi) is 8.21. The highest BCUT2D eigenvalue weighted by Gasteiger charge is 2.07. The predicted molar refractivity (Wildman–Crippen MR) is 144 cm³/mol. The van der Waals surface area contributed by atoms with Crippen LogP contribution in [0, 0.1) is 23.7 Å². The van der Waals surface area contributed by atoms with Crippen LogP contribution in [0.4, 0.5) is 22.7 Å². The largest absolute Gasteiger partial charge is 0.330 e. The third kappa shape index (κ3) is 6.42. The summed E-state index contributed by atoms with van der Waals surface area (Å²) in [6, 6.07) is 41.2. The first-order valence-electron chi connectivity index (χ1n) is 11.3. The Morgan fingerprint density at radius 2 is 0.676 bits per heavy atom. The quantitative estimate of drug-likeness (QED) is 0.293. The molecule has 2 heteroatoms. The van der Waals surface area contributed by atoms with Crippen molar-refractivity contribution in [3.05, 3.63) is 133 Å². The van der Waals surface area contributed by atoms with Crippen LogP contribution >= 0.6 is 0 Å². The van der Waals surface area contributed by atoms with Gasteiger partial charge in [0.15, 0.2) is 0 Å². The van der Waals surface area contributed by atoms with Gasteiger partial charge in [-0.1, -0.05) is 96.5 Å². The molecule has 34 heavy (non-hydrogen) atoms. The average molecular weight is 439 g/mol. The SMILES string of the molecule is C(#CCN(c1ccccc1)c1ccccc1)/C=C\C#CCN(c1ccccc1)c1ccccc1. The molecule has 0 aromatic heterocycles. The zero-order chi connectivity index (χ0) is 23.3. The maximum atomic E-state index is 3.24. The van der Waals surface area contributed by atoms with Crippen molar-refractivity contribution < 1.29 is 0 Å². The Labute approximate surface area is 202 Å². The second-order valence-electron chi connectivity index (χ2n) is 7.49. The average Bonchev–Trinajstić information content (AvgIpc) is 2.92. The third-order valence-electron chi connectivity index (χ3n) is 5.20. The lowest BCUT2D eigenvalue weighted by Crippen LogP contribution is -2.16. The van der Waals surface area contributed by atoms with Crippen molar-refractivity contribution in [2.45, 2.75) is 0 Å². The predicted octanol–water partition coefficient (Wildman–Crippen LogP) is 7.23. The molecule has 0 radical (unpaired) electrons. The van der Waals surface area contributed by atoms with E-state index < -0.39 is 0 Å². The summed E-state index contributed by atoms with van der Waals surface area (Å²) in [5, 5.41) is 0. The summed E-state index contributed by atoms with van der Waals surface area (Å²) >= 11 is 0. The fraction of sp³-hybridized carbons (Fsp3) is 0.0625. The molecule has 4 aromatic rings. The van der Waals surface area contributed by atoms with Crippen LogP contribution in [0.15, 0.2) is 133 Å². The number of para-hydroxylation sites is 4. The molecule has 0 saturated heterocycles. The molecule has 0 heterocycles. The van der Waals surface area contributed by atoms with Gasteiger partial charge in [0.1, 0.15) is 0 Å². The highest BCUT2D eigenvalue weighted by Crippen LogP contribution is 2.25. The lowest BCUT2D eigenvalue weighted by molar-refractivity contribution is 1.12. The molecule has 0 unspecified atom stereocenters. The minimum atomic E-state index is 0.599.